The van der Waals surface area contributed by atoms with Gasteiger partial charge in [0.05, 0.1) is 6.61 Å². The normalized spacial score (nSPS) is 15.7. The Balaban J connectivity index is 3.79. The van der Waals surface area contributed by atoms with Crippen LogP contribution < -0.4 is 0 Å². The number of thioether (sulfide) groups is 1. The molecule has 0 radical (unpaired) electrons. The summed E-state index contributed by atoms with van der Waals surface area (Å²) in [5.74, 6) is 0. The van der Waals surface area contributed by atoms with Crippen molar-refractivity contribution in [1.82, 2.24) is 0 Å². The summed E-state index contributed by atoms with van der Waals surface area (Å²) < 4.78 is 0. The number of hydrogen-bond acceptors (Lipinski definition) is 2. The van der Waals surface area contributed by atoms with Gasteiger partial charge in [-0.05, 0) is 11.7 Å². The van der Waals surface area contributed by atoms with E-state index in [9.17, 15) is 0 Å². The first-order valence-corrected chi connectivity index (χ1v) is 4.45. The maximum atomic E-state index is 8.84. The molecule has 0 saturated heterocycles. The number of rotatable bonds is 2. The van der Waals surface area contributed by atoms with Crippen LogP contribution in [0.5, 0.6) is 0 Å². The molecule has 2 heteroatoms. The highest BCUT2D eigenvalue weighted by molar-refractivity contribution is 7.99. The van der Waals surface area contributed by atoms with Gasteiger partial charge >= 0.3 is 0 Å². The van der Waals surface area contributed by atoms with Gasteiger partial charge in [-0.15, -0.1) is 0 Å². The first-order chi connectivity index (χ1) is 4.02. The highest BCUT2D eigenvalue weighted by Gasteiger charge is 2.22. The van der Waals surface area contributed by atoms with E-state index in [-0.39, 0.29) is 12.0 Å². The van der Waals surface area contributed by atoms with Crippen molar-refractivity contribution in [2.45, 2.75) is 26.0 Å². The Hall–Kier alpha value is 0.310. The molecular formula is C7H16OS. The molecule has 0 aromatic rings. The number of hydrogen-bond donors (Lipinski definition) is 1. The average Bonchev–Trinajstić information content (AvgIpc) is 1.65. The lowest BCUT2D eigenvalue weighted by Gasteiger charge is -2.26. The minimum absolute atomic E-state index is 0.230. The van der Waals surface area contributed by atoms with E-state index >= 15 is 0 Å². The van der Waals surface area contributed by atoms with Crippen LogP contribution in [0.1, 0.15) is 20.8 Å². The number of aliphatic hydroxyl groups excluding tert-OH is 1. The molecule has 1 atom stereocenters. The summed E-state index contributed by atoms with van der Waals surface area (Å²) in [4.78, 5) is 0. The summed E-state index contributed by atoms with van der Waals surface area (Å²) >= 11 is 1.73. The van der Waals surface area contributed by atoms with E-state index in [0.717, 1.165) is 0 Å². The van der Waals surface area contributed by atoms with Gasteiger partial charge in [0, 0.05) is 5.25 Å². The monoisotopic (exact) mass is 148 g/mol. The summed E-state index contributed by atoms with van der Waals surface area (Å²) in [6.07, 6.45) is 2.03. The van der Waals surface area contributed by atoms with E-state index < -0.39 is 0 Å². The molecule has 1 nitrogen and oxygen atoms in total. The molecule has 0 aliphatic rings. The van der Waals surface area contributed by atoms with E-state index in [0.29, 0.717) is 5.25 Å². The lowest BCUT2D eigenvalue weighted by Crippen LogP contribution is -2.26. The van der Waals surface area contributed by atoms with Gasteiger partial charge in [0.15, 0.2) is 0 Å². The average molecular weight is 148 g/mol. The summed E-state index contributed by atoms with van der Waals surface area (Å²) in [6.45, 7) is 6.71. The van der Waals surface area contributed by atoms with Gasteiger partial charge < -0.3 is 5.11 Å². The third-order valence-corrected chi connectivity index (χ3v) is 2.84. The molecule has 56 valence electrons. The Morgan fingerprint density at radius 1 is 1.44 bits per heavy atom. The molecule has 0 aromatic heterocycles. The summed E-state index contributed by atoms with van der Waals surface area (Å²) in [5, 5.41) is 9.21. The van der Waals surface area contributed by atoms with Crippen LogP contribution in [-0.2, 0) is 0 Å². The van der Waals surface area contributed by atoms with Crippen molar-refractivity contribution in [3.05, 3.63) is 0 Å². The van der Waals surface area contributed by atoms with Crippen LogP contribution in [0.3, 0.4) is 0 Å². The fourth-order valence-electron chi connectivity index (χ4n) is 0.702. The summed E-state index contributed by atoms with van der Waals surface area (Å²) in [6, 6.07) is 0. The fourth-order valence-corrected chi connectivity index (χ4v) is 1.56. The van der Waals surface area contributed by atoms with Crippen molar-refractivity contribution >= 4 is 11.8 Å². The Bertz CT molecular complexity index is 71.5. The third kappa shape index (κ3) is 3.11. The van der Waals surface area contributed by atoms with E-state index in [1.54, 1.807) is 11.8 Å². The molecule has 0 aromatic carbocycles. The van der Waals surface area contributed by atoms with Gasteiger partial charge in [-0.3, -0.25) is 0 Å². The zero-order valence-electron chi connectivity index (χ0n) is 6.64. The van der Waals surface area contributed by atoms with Crippen molar-refractivity contribution in [2.24, 2.45) is 5.41 Å². The van der Waals surface area contributed by atoms with Crippen LogP contribution >= 0.6 is 11.8 Å². The van der Waals surface area contributed by atoms with E-state index in [4.69, 9.17) is 5.11 Å². The quantitative estimate of drug-likeness (QED) is 0.644. The molecule has 0 spiro atoms. The predicted molar refractivity (Wildman–Crippen MR) is 43.8 cm³/mol. The minimum Gasteiger partial charge on any atom is -0.395 e. The van der Waals surface area contributed by atoms with Crippen LogP contribution in [0.2, 0.25) is 0 Å². The largest absolute Gasteiger partial charge is 0.395 e. The Labute approximate surface area is 61.8 Å². The van der Waals surface area contributed by atoms with Crippen LogP contribution in [0, 0.1) is 5.41 Å². The molecular weight excluding hydrogens is 132 g/mol. The molecule has 0 rings (SSSR count). The Morgan fingerprint density at radius 2 is 1.89 bits per heavy atom. The third-order valence-electron chi connectivity index (χ3n) is 1.42. The highest BCUT2D eigenvalue weighted by Crippen LogP contribution is 2.27. The summed E-state index contributed by atoms with van der Waals surface area (Å²) in [5.41, 5.74) is 0.230. The Morgan fingerprint density at radius 3 is 1.89 bits per heavy atom. The van der Waals surface area contributed by atoms with Gasteiger partial charge in [0.1, 0.15) is 0 Å². The SMILES string of the molecule is CSC(CO)C(C)(C)C. The molecule has 1 N–H and O–H groups in total. The maximum Gasteiger partial charge on any atom is 0.0555 e. The van der Waals surface area contributed by atoms with Gasteiger partial charge in [0.2, 0.25) is 0 Å². The summed E-state index contributed by atoms with van der Waals surface area (Å²) in [7, 11) is 0. The second kappa shape index (κ2) is 3.47. The lowest BCUT2D eigenvalue weighted by molar-refractivity contribution is 0.235. The fraction of sp³-hybridized carbons (Fsp3) is 1.00. The zero-order valence-corrected chi connectivity index (χ0v) is 7.46. The molecule has 0 aliphatic carbocycles. The van der Waals surface area contributed by atoms with Crippen LogP contribution in [0.15, 0.2) is 0 Å². The first kappa shape index (κ1) is 9.31. The van der Waals surface area contributed by atoms with Crippen LogP contribution in [0.25, 0.3) is 0 Å². The second-order valence-corrected chi connectivity index (χ2v) is 4.31. The predicted octanol–water partition coefficient (Wildman–Crippen LogP) is 1.76. The molecule has 0 fully saturated rings. The standard InChI is InChI=1S/C7H16OS/c1-7(2,3)6(5-8)9-4/h6,8H,5H2,1-4H3. The van der Waals surface area contributed by atoms with Crippen molar-refractivity contribution in [1.29, 1.82) is 0 Å². The van der Waals surface area contributed by atoms with Crippen molar-refractivity contribution in [3.8, 4) is 0 Å². The topological polar surface area (TPSA) is 20.2 Å². The van der Waals surface area contributed by atoms with Crippen molar-refractivity contribution in [2.75, 3.05) is 12.9 Å². The highest BCUT2D eigenvalue weighted by atomic mass is 32.2. The number of aliphatic hydroxyl groups is 1. The lowest BCUT2D eigenvalue weighted by atomic mass is 9.92. The minimum atomic E-state index is 0.230. The van der Waals surface area contributed by atoms with Crippen molar-refractivity contribution in [3.63, 3.8) is 0 Å². The van der Waals surface area contributed by atoms with Crippen LogP contribution in [-0.4, -0.2) is 23.2 Å². The molecule has 9 heavy (non-hydrogen) atoms. The van der Waals surface area contributed by atoms with Gasteiger partial charge in [0.25, 0.3) is 0 Å². The molecule has 0 bridgehead atoms. The maximum absolute atomic E-state index is 8.84. The first-order valence-electron chi connectivity index (χ1n) is 3.16. The van der Waals surface area contributed by atoms with Gasteiger partial charge in [-0.25, -0.2) is 0 Å². The van der Waals surface area contributed by atoms with E-state index in [2.05, 4.69) is 20.8 Å². The van der Waals surface area contributed by atoms with E-state index in [1.807, 2.05) is 6.26 Å². The molecule has 1 unspecified atom stereocenters. The molecule has 0 amide bonds. The molecule has 0 saturated carbocycles. The zero-order chi connectivity index (χ0) is 7.49. The second-order valence-electron chi connectivity index (χ2n) is 3.27. The smallest absolute Gasteiger partial charge is 0.0555 e. The Kier molecular flexibility index (Phi) is 3.59. The van der Waals surface area contributed by atoms with Gasteiger partial charge in [-0.2, -0.15) is 11.8 Å². The van der Waals surface area contributed by atoms with Crippen molar-refractivity contribution < 1.29 is 5.11 Å². The van der Waals surface area contributed by atoms with E-state index in [1.165, 1.54) is 0 Å². The molecule has 0 heterocycles. The van der Waals surface area contributed by atoms with Crippen LogP contribution in [0.4, 0.5) is 0 Å². The van der Waals surface area contributed by atoms with Gasteiger partial charge in [-0.1, -0.05) is 20.8 Å². The molecule has 0 aliphatic heterocycles.